The third-order valence-electron chi connectivity index (χ3n) is 7.73. The number of hydrogen-bond donors (Lipinski definition) is 2. The molecule has 2 aromatic carbocycles. The fraction of sp³-hybridized carbons (Fsp3) is 0.400. The fourth-order valence-corrected chi connectivity index (χ4v) is 5.87. The lowest BCUT2D eigenvalue weighted by Gasteiger charge is -2.37. The van der Waals surface area contributed by atoms with Gasteiger partial charge in [0.25, 0.3) is 0 Å². The summed E-state index contributed by atoms with van der Waals surface area (Å²) in [4.78, 5) is 27.3. The first-order valence-electron chi connectivity index (χ1n) is 12.9. The normalized spacial score (nSPS) is 22.0. The number of phenols is 1. The molecule has 1 heterocycles. The second kappa shape index (κ2) is 10.3. The molecule has 2 aromatic rings. The molecule has 3 aliphatic rings. The molecule has 2 atom stereocenters. The highest BCUT2D eigenvalue weighted by Gasteiger charge is 2.42. The van der Waals surface area contributed by atoms with E-state index in [9.17, 15) is 14.7 Å². The summed E-state index contributed by atoms with van der Waals surface area (Å²) in [5.41, 5.74) is 4.36. The number of methoxy groups -OCH3 is 2. The van der Waals surface area contributed by atoms with Crippen LogP contribution in [0.4, 0.5) is 0 Å². The molecule has 194 valence electrons. The van der Waals surface area contributed by atoms with Crippen LogP contribution in [-0.2, 0) is 14.3 Å². The van der Waals surface area contributed by atoms with Gasteiger partial charge in [-0.15, -0.1) is 0 Å². The average Bonchev–Trinajstić information content (AvgIpc) is 3.40. The van der Waals surface area contributed by atoms with Crippen molar-refractivity contribution in [2.24, 2.45) is 0 Å². The van der Waals surface area contributed by atoms with E-state index in [2.05, 4.69) is 5.32 Å². The van der Waals surface area contributed by atoms with E-state index in [1.54, 1.807) is 38.5 Å². The molecule has 5 rings (SSSR count). The predicted octanol–water partition coefficient (Wildman–Crippen LogP) is 5.26. The summed E-state index contributed by atoms with van der Waals surface area (Å²) in [6, 6.07) is 12.5. The van der Waals surface area contributed by atoms with Crippen molar-refractivity contribution in [2.75, 3.05) is 14.2 Å². The van der Waals surface area contributed by atoms with E-state index in [0.717, 1.165) is 42.5 Å². The number of allylic oxidation sites excluding steroid dienone is 3. The van der Waals surface area contributed by atoms with Crippen LogP contribution in [0.15, 0.2) is 65.0 Å². The Hall–Kier alpha value is -3.74. The van der Waals surface area contributed by atoms with E-state index < -0.39 is 5.92 Å². The van der Waals surface area contributed by atoms with Crippen LogP contribution in [0.5, 0.6) is 17.2 Å². The first-order chi connectivity index (χ1) is 17.9. The van der Waals surface area contributed by atoms with E-state index in [1.807, 2.05) is 25.1 Å². The zero-order valence-electron chi connectivity index (χ0n) is 21.5. The molecular formula is C30H33NO6. The molecule has 7 heteroatoms. The molecule has 2 N–H and O–H groups in total. The van der Waals surface area contributed by atoms with Crippen LogP contribution in [0.2, 0.25) is 0 Å². The molecule has 37 heavy (non-hydrogen) atoms. The third kappa shape index (κ3) is 4.82. The van der Waals surface area contributed by atoms with Gasteiger partial charge in [0.2, 0.25) is 0 Å². The Morgan fingerprint density at radius 3 is 2.30 bits per heavy atom. The van der Waals surface area contributed by atoms with E-state index in [-0.39, 0.29) is 29.5 Å². The number of dihydropyridines is 1. The van der Waals surface area contributed by atoms with Crippen molar-refractivity contribution in [3.8, 4) is 17.2 Å². The van der Waals surface area contributed by atoms with Crippen molar-refractivity contribution in [3.05, 3.63) is 76.1 Å². The maximum absolute atomic E-state index is 13.8. The topological polar surface area (TPSA) is 94.1 Å². The van der Waals surface area contributed by atoms with E-state index in [0.29, 0.717) is 41.2 Å². The number of carbonyl (C=O) groups is 2. The summed E-state index contributed by atoms with van der Waals surface area (Å²) in [6.07, 6.45) is 4.70. The van der Waals surface area contributed by atoms with Crippen molar-refractivity contribution >= 4 is 11.8 Å². The summed E-state index contributed by atoms with van der Waals surface area (Å²) in [5.74, 6) is 0.413. The second-order valence-corrected chi connectivity index (χ2v) is 10.0. The molecule has 0 radical (unpaired) electrons. The quantitative estimate of drug-likeness (QED) is 0.520. The number of ether oxygens (including phenoxy) is 3. The van der Waals surface area contributed by atoms with Crippen LogP contribution in [0.3, 0.4) is 0 Å². The minimum absolute atomic E-state index is 0.00900. The Morgan fingerprint density at radius 2 is 1.62 bits per heavy atom. The molecule has 0 amide bonds. The molecule has 0 spiro atoms. The number of aromatic hydroxyl groups is 1. The largest absolute Gasteiger partial charge is 0.508 e. The monoisotopic (exact) mass is 503 g/mol. The van der Waals surface area contributed by atoms with Crippen LogP contribution in [0, 0.1) is 0 Å². The molecule has 0 saturated heterocycles. The highest BCUT2D eigenvalue weighted by atomic mass is 16.5. The van der Waals surface area contributed by atoms with E-state index >= 15 is 0 Å². The predicted molar refractivity (Wildman–Crippen MR) is 139 cm³/mol. The summed E-state index contributed by atoms with van der Waals surface area (Å²) in [6.45, 7) is 1.87. The minimum atomic E-state index is -0.551. The maximum Gasteiger partial charge on any atom is 0.337 e. The Balaban J connectivity index is 1.52. The Morgan fingerprint density at radius 1 is 0.946 bits per heavy atom. The molecule has 0 aromatic heterocycles. The first-order valence-corrected chi connectivity index (χ1v) is 12.9. The summed E-state index contributed by atoms with van der Waals surface area (Å²) >= 11 is 0. The van der Waals surface area contributed by atoms with Crippen molar-refractivity contribution in [3.63, 3.8) is 0 Å². The standard InChI is InChI=1S/C30H33NO6/c1-17-27(30(34)37-22-6-4-5-7-22)28(18-8-11-21(32)12-9-18)29-23(31-17)14-20(15-24(29)33)19-10-13-25(35-2)26(16-19)36-3/h8-13,16,20,22,28,31-32H,4-7,14-15H2,1-3H3/t20-,28-/m1/s1. The van der Waals surface area contributed by atoms with E-state index in [4.69, 9.17) is 14.2 Å². The van der Waals surface area contributed by atoms with Crippen LogP contribution >= 0.6 is 0 Å². The number of benzene rings is 2. The van der Waals surface area contributed by atoms with Gasteiger partial charge >= 0.3 is 5.97 Å². The van der Waals surface area contributed by atoms with Crippen molar-refractivity contribution in [2.45, 2.75) is 63.4 Å². The third-order valence-corrected chi connectivity index (χ3v) is 7.73. The molecule has 0 bridgehead atoms. The zero-order valence-corrected chi connectivity index (χ0v) is 21.5. The van der Waals surface area contributed by atoms with Gasteiger partial charge < -0.3 is 24.6 Å². The Bertz CT molecular complexity index is 1270. The number of hydrogen-bond acceptors (Lipinski definition) is 7. The Kier molecular flexibility index (Phi) is 6.96. The highest BCUT2D eigenvalue weighted by molar-refractivity contribution is 6.04. The SMILES string of the molecule is COc1ccc([C@H]2CC(=O)C3=C(C2)NC(C)=C(C(=O)OC2CCCC2)[C@H]3c2ccc(O)cc2)cc1OC. The maximum atomic E-state index is 13.8. The van der Waals surface area contributed by atoms with Gasteiger partial charge in [0.15, 0.2) is 17.3 Å². The number of nitrogens with one attached hydrogen (secondary N) is 1. The summed E-state index contributed by atoms with van der Waals surface area (Å²) < 4.78 is 16.8. The van der Waals surface area contributed by atoms with Gasteiger partial charge in [0.05, 0.1) is 19.8 Å². The number of Topliss-reactive ketones (excluding diaryl/α,β-unsaturated/α-hetero) is 1. The Labute approximate surface area is 217 Å². The zero-order chi connectivity index (χ0) is 26.1. The smallest absolute Gasteiger partial charge is 0.337 e. The summed E-state index contributed by atoms with van der Waals surface area (Å²) in [7, 11) is 3.19. The molecular weight excluding hydrogens is 470 g/mol. The minimum Gasteiger partial charge on any atom is -0.508 e. The van der Waals surface area contributed by atoms with Gasteiger partial charge in [-0.25, -0.2) is 4.79 Å². The van der Waals surface area contributed by atoms with Crippen molar-refractivity contribution in [1.82, 2.24) is 5.32 Å². The molecule has 7 nitrogen and oxygen atoms in total. The number of carbonyl (C=O) groups excluding carboxylic acids is 2. The number of rotatable bonds is 6. The van der Waals surface area contributed by atoms with Gasteiger partial charge in [-0.3, -0.25) is 4.79 Å². The van der Waals surface area contributed by atoms with Crippen LogP contribution in [0.1, 0.15) is 68.4 Å². The van der Waals surface area contributed by atoms with Crippen LogP contribution in [-0.4, -0.2) is 37.2 Å². The van der Waals surface area contributed by atoms with Crippen LogP contribution < -0.4 is 14.8 Å². The molecule has 1 aliphatic heterocycles. The fourth-order valence-electron chi connectivity index (χ4n) is 5.87. The first kappa shape index (κ1) is 24.9. The summed E-state index contributed by atoms with van der Waals surface area (Å²) in [5, 5.41) is 13.3. The highest BCUT2D eigenvalue weighted by Crippen LogP contribution is 2.47. The molecule has 0 unspecified atom stereocenters. The lowest BCUT2D eigenvalue weighted by Crippen LogP contribution is -2.36. The van der Waals surface area contributed by atoms with Gasteiger partial charge in [-0.1, -0.05) is 18.2 Å². The van der Waals surface area contributed by atoms with E-state index in [1.165, 1.54) is 0 Å². The van der Waals surface area contributed by atoms with Gasteiger partial charge in [0.1, 0.15) is 11.9 Å². The second-order valence-electron chi connectivity index (χ2n) is 10.0. The molecule has 2 aliphatic carbocycles. The van der Waals surface area contributed by atoms with Gasteiger partial charge in [-0.05, 0) is 80.3 Å². The van der Waals surface area contributed by atoms with Gasteiger partial charge in [-0.2, -0.15) is 0 Å². The van der Waals surface area contributed by atoms with Crippen LogP contribution in [0.25, 0.3) is 0 Å². The van der Waals surface area contributed by atoms with Crippen molar-refractivity contribution in [1.29, 1.82) is 0 Å². The molecule has 1 saturated carbocycles. The number of esters is 1. The molecule has 1 fully saturated rings. The average molecular weight is 504 g/mol. The van der Waals surface area contributed by atoms with Crippen molar-refractivity contribution < 1.29 is 28.9 Å². The number of phenolic OH excluding ortho intramolecular Hbond substituents is 1. The lowest BCUT2D eigenvalue weighted by atomic mass is 9.71. The van der Waals surface area contributed by atoms with Gasteiger partial charge in [0, 0.05) is 29.3 Å². The number of ketones is 1. The lowest BCUT2D eigenvalue weighted by molar-refractivity contribution is -0.144.